The van der Waals surface area contributed by atoms with Crippen molar-refractivity contribution < 1.29 is 4.39 Å². The fourth-order valence-electron chi connectivity index (χ4n) is 2.27. The number of hydrogen-bond donors (Lipinski definition) is 0. The molecule has 0 aliphatic rings. The van der Waals surface area contributed by atoms with Gasteiger partial charge in [-0.15, -0.1) is 11.6 Å². The summed E-state index contributed by atoms with van der Waals surface area (Å²) in [6.45, 7) is 1.93. The summed E-state index contributed by atoms with van der Waals surface area (Å²) in [5.41, 5.74) is 3.26. The van der Waals surface area contributed by atoms with E-state index in [4.69, 9.17) is 11.6 Å². The van der Waals surface area contributed by atoms with Crippen molar-refractivity contribution in [2.24, 2.45) is 0 Å². The molecular formula is C15H12BrClFN3. The van der Waals surface area contributed by atoms with Gasteiger partial charge in [0.2, 0.25) is 0 Å². The van der Waals surface area contributed by atoms with Crippen LogP contribution >= 0.6 is 27.5 Å². The molecule has 2 heterocycles. The van der Waals surface area contributed by atoms with E-state index in [-0.39, 0.29) is 5.82 Å². The van der Waals surface area contributed by atoms with Crippen LogP contribution in [0.15, 0.2) is 34.8 Å². The van der Waals surface area contributed by atoms with E-state index in [1.165, 1.54) is 12.1 Å². The minimum atomic E-state index is -0.293. The van der Waals surface area contributed by atoms with Gasteiger partial charge in [0.05, 0.1) is 5.69 Å². The van der Waals surface area contributed by atoms with Gasteiger partial charge < -0.3 is 0 Å². The number of benzene rings is 1. The summed E-state index contributed by atoms with van der Waals surface area (Å²) in [5, 5.41) is 0. The van der Waals surface area contributed by atoms with E-state index in [0.717, 1.165) is 28.4 Å². The molecule has 2 aromatic heterocycles. The Morgan fingerprint density at radius 1 is 1.24 bits per heavy atom. The van der Waals surface area contributed by atoms with E-state index < -0.39 is 0 Å². The molecule has 0 radical (unpaired) electrons. The van der Waals surface area contributed by atoms with E-state index >= 15 is 0 Å². The number of halogens is 3. The van der Waals surface area contributed by atoms with Crippen LogP contribution in [0.1, 0.15) is 11.5 Å². The highest BCUT2D eigenvalue weighted by Crippen LogP contribution is 2.27. The molecule has 0 saturated carbocycles. The van der Waals surface area contributed by atoms with Gasteiger partial charge in [-0.25, -0.2) is 14.4 Å². The number of alkyl halides is 1. The first-order valence-corrected chi connectivity index (χ1v) is 7.79. The van der Waals surface area contributed by atoms with Gasteiger partial charge in [-0.3, -0.25) is 4.57 Å². The maximum Gasteiger partial charge on any atom is 0.164 e. The first-order chi connectivity index (χ1) is 10.1. The minimum Gasteiger partial charge on any atom is -0.280 e. The van der Waals surface area contributed by atoms with Gasteiger partial charge in [-0.2, -0.15) is 0 Å². The van der Waals surface area contributed by atoms with Gasteiger partial charge in [0, 0.05) is 22.5 Å². The van der Waals surface area contributed by atoms with E-state index in [1.807, 2.05) is 23.6 Å². The van der Waals surface area contributed by atoms with Crippen LogP contribution in [0.2, 0.25) is 0 Å². The van der Waals surface area contributed by atoms with E-state index in [9.17, 15) is 4.39 Å². The maximum absolute atomic E-state index is 13.3. The number of imidazole rings is 1. The van der Waals surface area contributed by atoms with Gasteiger partial charge >= 0.3 is 0 Å². The van der Waals surface area contributed by atoms with Crippen LogP contribution in [-0.4, -0.2) is 20.4 Å². The van der Waals surface area contributed by atoms with Crippen LogP contribution < -0.4 is 0 Å². The van der Waals surface area contributed by atoms with Gasteiger partial charge in [0.25, 0.3) is 0 Å². The van der Waals surface area contributed by atoms with Gasteiger partial charge in [0.1, 0.15) is 17.2 Å². The zero-order chi connectivity index (χ0) is 15.0. The van der Waals surface area contributed by atoms with Crippen LogP contribution in [0.4, 0.5) is 4.39 Å². The molecule has 0 aliphatic heterocycles. The topological polar surface area (TPSA) is 30.7 Å². The zero-order valence-electron chi connectivity index (χ0n) is 11.3. The molecule has 0 saturated heterocycles. The first kappa shape index (κ1) is 14.5. The molecule has 108 valence electrons. The molecule has 0 amide bonds. The van der Waals surface area contributed by atoms with Crippen molar-refractivity contribution >= 4 is 38.7 Å². The Labute approximate surface area is 134 Å². The molecule has 0 N–H and O–H groups in total. The number of pyridine rings is 1. The molecule has 0 spiro atoms. The number of rotatable bonds is 3. The smallest absolute Gasteiger partial charge is 0.164 e. The zero-order valence-corrected chi connectivity index (χ0v) is 13.6. The van der Waals surface area contributed by atoms with Gasteiger partial charge in [-0.1, -0.05) is 0 Å². The number of hydrogen-bond acceptors (Lipinski definition) is 2. The molecule has 0 unspecified atom stereocenters. The third kappa shape index (κ3) is 2.68. The summed E-state index contributed by atoms with van der Waals surface area (Å²) < 4.78 is 15.9. The Bertz CT molecular complexity index is 816. The molecule has 6 heteroatoms. The number of fused-ring (bicyclic) bond motifs is 1. The summed E-state index contributed by atoms with van der Waals surface area (Å²) in [4.78, 5) is 9.15. The molecule has 3 rings (SSSR count). The second kappa shape index (κ2) is 5.73. The molecule has 0 aliphatic carbocycles. The second-order valence-corrected chi connectivity index (χ2v) is 5.93. The predicted molar refractivity (Wildman–Crippen MR) is 85.7 cm³/mol. The lowest BCUT2D eigenvalue weighted by molar-refractivity contribution is 0.626. The van der Waals surface area contributed by atoms with Crippen LogP contribution in [-0.2, 0) is 6.42 Å². The maximum atomic E-state index is 13.3. The molecule has 21 heavy (non-hydrogen) atoms. The van der Waals surface area contributed by atoms with Crippen LogP contribution in [0.3, 0.4) is 0 Å². The minimum absolute atomic E-state index is 0.293. The number of aromatic nitrogens is 3. The lowest BCUT2D eigenvalue weighted by atomic mass is 10.3. The quantitative estimate of drug-likeness (QED) is 0.641. The summed E-state index contributed by atoms with van der Waals surface area (Å²) in [6, 6.07) is 8.42. The highest BCUT2D eigenvalue weighted by atomic mass is 79.9. The van der Waals surface area contributed by atoms with Crippen molar-refractivity contribution in [2.45, 2.75) is 13.3 Å². The highest BCUT2D eigenvalue weighted by Gasteiger charge is 2.15. The highest BCUT2D eigenvalue weighted by molar-refractivity contribution is 9.10. The van der Waals surface area contributed by atoms with Crippen molar-refractivity contribution in [1.29, 1.82) is 0 Å². The summed E-state index contributed by atoms with van der Waals surface area (Å²) in [5.74, 6) is 0.977. The second-order valence-electron chi connectivity index (χ2n) is 4.69. The fourth-order valence-corrected chi connectivity index (χ4v) is 2.96. The fraction of sp³-hybridized carbons (Fsp3) is 0.200. The third-order valence-electron chi connectivity index (χ3n) is 3.18. The van der Waals surface area contributed by atoms with Gasteiger partial charge in [0.15, 0.2) is 5.65 Å². The Hall–Kier alpha value is -1.46. The Balaban J connectivity index is 2.32. The SMILES string of the molecule is Cc1ccc2nc(CCCl)n(-c3ccc(F)cc3Br)c2n1. The molecule has 3 nitrogen and oxygen atoms in total. The summed E-state index contributed by atoms with van der Waals surface area (Å²) >= 11 is 9.28. The largest absolute Gasteiger partial charge is 0.280 e. The lowest BCUT2D eigenvalue weighted by Gasteiger charge is -2.10. The van der Waals surface area contributed by atoms with Crippen LogP contribution in [0, 0.1) is 12.7 Å². The van der Waals surface area contributed by atoms with E-state index in [1.54, 1.807) is 6.07 Å². The molecule has 3 aromatic rings. The lowest BCUT2D eigenvalue weighted by Crippen LogP contribution is -2.04. The van der Waals surface area contributed by atoms with E-state index in [0.29, 0.717) is 16.8 Å². The van der Waals surface area contributed by atoms with Crippen molar-refractivity contribution in [3.63, 3.8) is 0 Å². The molecule has 0 bridgehead atoms. The average molecular weight is 369 g/mol. The molecule has 1 aromatic carbocycles. The molecule has 0 fully saturated rings. The Kier molecular flexibility index (Phi) is 3.95. The standard InChI is InChI=1S/C15H12BrClFN3/c1-9-2-4-12-15(19-9)21(14(20-12)6-7-17)13-5-3-10(18)8-11(13)16/h2-5,8H,6-7H2,1H3. The normalized spacial score (nSPS) is 11.2. The molecular weight excluding hydrogens is 357 g/mol. The predicted octanol–water partition coefficient (Wildman–Crippen LogP) is 4.41. The van der Waals surface area contributed by atoms with Crippen molar-refractivity contribution in [1.82, 2.24) is 14.5 Å². The summed E-state index contributed by atoms with van der Waals surface area (Å²) in [7, 11) is 0. The number of aryl methyl sites for hydroxylation is 2. The summed E-state index contributed by atoms with van der Waals surface area (Å²) in [6.07, 6.45) is 0.612. The third-order valence-corrected chi connectivity index (χ3v) is 4.01. The first-order valence-electron chi connectivity index (χ1n) is 6.46. The monoisotopic (exact) mass is 367 g/mol. The average Bonchev–Trinajstić information content (AvgIpc) is 2.77. The van der Waals surface area contributed by atoms with Crippen molar-refractivity contribution in [2.75, 3.05) is 5.88 Å². The Morgan fingerprint density at radius 2 is 2.05 bits per heavy atom. The van der Waals surface area contributed by atoms with Crippen molar-refractivity contribution in [3.05, 3.63) is 52.1 Å². The van der Waals surface area contributed by atoms with Crippen LogP contribution in [0.5, 0.6) is 0 Å². The van der Waals surface area contributed by atoms with Crippen molar-refractivity contribution in [3.8, 4) is 5.69 Å². The Morgan fingerprint density at radius 3 is 2.76 bits per heavy atom. The van der Waals surface area contributed by atoms with Gasteiger partial charge in [-0.05, 0) is 53.2 Å². The van der Waals surface area contributed by atoms with Crippen LogP contribution in [0.25, 0.3) is 16.9 Å². The number of nitrogens with zero attached hydrogens (tertiary/aromatic N) is 3. The molecule has 0 atom stereocenters. The van der Waals surface area contributed by atoms with E-state index in [2.05, 4.69) is 25.9 Å².